The Morgan fingerprint density at radius 2 is 1.74 bits per heavy atom. The standard InChI is InChI=1S/C18H24N2O3/c21-16(12-5-2-1-3-6-12)18(23)20-15-8-4-7-13(11-15)17(22)19-14-9-10-14/h1-3,5-6,13-16,21H,4,7-11H2,(H,19,22)(H,20,23). The molecule has 3 atom stereocenters. The van der Waals surface area contributed by atoms with E-state index in [1.54, 1.807) is 24.3 Å². The van der Waals surface area contributed by atoms with Crippen molar-refractivity contribution in [2.75, 3.05) is 0 Å². The minimum atomic E-state index is -1.16. The molecular formula is C18H24N2O3. The highest BCUT2D eigenvalue weighted by Gasteiger charge is 2.32. The van der Waals surface area contributed by atoms with Crippen LogP contribution in [0.5, 0.6) is 0 Å². The molecule has 3 N–H and O–H groups in total. The molecule has 0 bridgehead atoms. The van der Waals surface area contributed by atoms with E-state index in [0.29, 0.717) is 18.0 Å². The van der Waals surface area contributed by atoms with E-state index in [-0.39, 0.29) is 23.8 Å². The molecule has 0 aromatic heterocycles. The summed E-state index contributed by atoms with van der Waals surface area (Å²) in [7, 11) is 0. The molecule has 1 aromatic carbocycles. The first kappa shape index (κ1) is 16.0. The quantitative estimate of drug-likeness (QED) is 0.773. The molecule has 3 rings (SSSR count). The zero-order chi connectivity index (χ0) is 16.2. The van der Waals surface area contributed by atoms with Crippen molar-refractivity contribution in [1.29, 1.82) is 0 Å². The monoisotopic (exact) mass is 316 g/mol. The Labute approximate surface area is 136 Å². The largest absolute Gasteiger partial charge is 0.378 e. The fourth-order valence-electron chi connectivity index (χ4n) is 3.17. The van der Waals surface area contributed by atoms with Gasteiger partial charge in [0.15, 0.2) is 6.10 Å². The molecule has 5 heteroatoms. The molecule has 2 fully saturated rings. The SMILES string of the molecule is O=C(NC1CC1)C1CCCC(NC(=O)C(O)c2ccccc2)C1. The number of carbonyl (C=O) groups is 2. The molecule has 2 saturated carbocycles. The Hall–Kier alpha value is -1.88. The number of hydrogen-bond acceptors (Lipinski definition) is 3. The van der Waals surface area contributed by atoms with E-state index in [0.717, 1.165) is 32.1 Å². The van der Waals surface area contributed by atoms with Gasteiger partial charge >= 0.3 is 0 Å². The van der Waals surface area contributed by atoms with E-state index in [2.05, 4.69) is 10.6 Å². The molecule has 2 aliphatic carbocycles. The number of hydrogen-bond donors (Lipinski definition) is 3. The highest BCUT2D eigenvalue weighted by molar-refractivity contribution is 5.82. The maximum atomic E-state index is 12.2. The number of amides is 2. The molecular weight excluding hydrogens is 292 g/mol. The van der Waals surface area contributed by atoms with Gasteiger partial charge in [-0.25, -0.2) is 0 Å². The first-order valence-corrected chi connectivity index (χ1v) is 8.47. The van der Waals surface area contributed by atoms with Gasteiger partial charge in [0.2, 0.25) is 5.91 Å². The third kappa shape index (κ3) is 4.32. The lowest BCUT2D eigenvalue weighted by Gasteiger charge is -2.29. The second-order valence-corrected chi connectivity index (χ2v) is 6.67. The summed E-state index contributed by atoms with van der Waals surface area (Å²) in [6.07, 6.45) is 4.34. The minimum absolute atomic E-state index is 0.0245. The van der Waals surface area contributed by atoms with Gasteiger partial charge in [-0.2, -0.15) is 0 Å². The molecule has 0 spiro atoms. The molecule has 0 aliphatic heterocycles. The van der Waals surface area contributed by atoms with Crippen LogP contribution in [0.25, 0.3) is 0 Å². The van der Waals surface area contributed by atoms with Gasteiger partial charge in [-0.1, -0.05) is 36.8 Å². The summed E-state index contributed by atoms with van der Waals surface area (Å²) in [4.78, 5) is 24.4. The molecule has 3 unspecified atom stereocenters. The minimum Gasteiger partial charge on any atom is -0.378 e. The van der Waals surface area contributed by atoms with E-state index in [4.69, 9.17) is 0 Å². The first-order chi connectivity index (χ1) is 11.1. The summed E-state index contributed by atoms with van der Waals surface area (Å²) in [6.45, 7) is 0. The van der Waals surface area contributed by atoms with Crippen LogP contribution in [0.1, 0.15) is 50.2 Å². The third-order valence-electron chi connectivity index (χ3n) is 4.68. The number of nitrogens with one attached hydrogen (secondary N) is 2. The van der Waals surface area contributed by atoms with Crippen molar-refractivity contribution >= 4 is 11.8 Å². The normalized spacial score (nSPS) is 25.4. The van der Waals surface area contributed by atoms with Gasteiger partial charge in [0, 0.05) is 18.0 Å². The molecule has 1 aromatic rings. The van der Waals surface area contributed by atoms with Gasteiger partial charge in [-0.15, -0.1) is 0 Å². The number of benzene rings is 1. The van der Waals surface area contributed by atoms with E-state index in [9.17, 15) is 14.7 Å². The van der Waals surface area contributed by atoms with Crippen LogP contribution in [-0.4, -0.2) is 29.0 Å². The van der Waals surface area contributed by atoms with Crippen molar-refractivity contribution in [2.24, 2.45) is 5.92 Å². The van der Waals surface area contributed by atoms with Gasteiger partial charge in [-0.3, -0.25) is 9.59 Å². The maximum absolute atomic E-state index is 12.2. The number of aliphatic hydroxyl groups is 1. The van der Waals surface area contributed by atoms with Crippen molar-refractivity contribution < 1.29 is 14.7 Å². The first-order valence-electron chi connectivity index (χ1n) is 8.47. The van der Waals surface area contributed by atoms with Crippen LogP contribution in [0.4, 0.5) is 0 Å². The van der Waals surface area contributed by atoms with Gasteiger partial charge in [0.25, 0.3) is 5.91 Å². The van der Waals surface area contributed by atoms with Crippen LogP contribution < -0.4 is 10.6 Å². The predicted molar refractivity (Wildman–Crippen MR) is 86.5 cm³/mol. The Kier molecular flexibility index (Phi) is 4.96. The molecule has 2 amide bonds. The highest BCUT2D eigenvalue weighted by atomic mass is 16.3. The van der Waals surface area contributed by atoms with Crippen LogP contribution >= 0.6 is 0 Å². The van der Waals surface area contributed by atoms with Crippen molar-refractivity contribution in [2.45, 2.75) is 56.7 Å². The second-order valence-electron chi connectivity index (χ2n) is 6.67. The lowest BCUT2D eigenvalue weighted by atomic mass is 9.85. The van der Waals surface area contributed by atoms with Crippen LogP contribution in [-0.2, 0) is 9.59 Å². The lowest BCUT2D eigenvalue weighted by Crippen LogP contribution is -2.44. The van der Waals surface area contributed by atoms with E-state index >= 15 is 0 Å². The number of rotatable bonds is 5. The van der Waals surface area contributed by atoms with E-state index < -0.39 is 6.10 Å². The molecule has 0 heterocycles. The zero-order valence-corrected chi connectivity index (χ0v) is 13.2. The molecule has 5 nitrogen and oxygen atoms in total. The Morgan fingerprint density at radius 1 is 1.00 bits per heavy atom. The van der Waals surface area contributed by atoms with Crippen molar-refractivity contribution in [1.82, 2.24) is 10.6 Å². The van der Waals surface area contributed by atoms with Crippen molar-refractivity contribution in [3.05, 3.63) is 35.9 Å². The van der Waals surface area contributed by atoms with Gasteiger partial charge < -0.3 is 15.7 Å². The van der Waals surface area contributed by atoms with Crippen LogP contribution in [0.2, 0.25) is 0 Å². The highest BCUT2D eigenvalue weighted by Crippen LogP contribution is 2.27. The summed E-state index contributed by atoms with van der Waals surface area (Å²) in [6, 6.07) is 9.24. The average Bonchev–Trinajstić information content (AvgIpc) is 3.39. The Bertz CT molecular complexity index is 557. The topological polar surface area (TPSA) is 78.4 Å². The van der Waals surface area contributed by atoms with Crippen molar-refractivity contribution in [3.63, 3.8) is 0 Å². The number of carbonyl (C=O) groups excluding carboxylic acids is 2. The Balaban J connectivity index is 1.52. The zero-order valence-electron chi connectivity index (χ0n) is 13.2. The molecule has 124 valence electrons. The van der Waals surface area contributed by atoms with Gasteiger partial charge in [-0.05, 0) is 37.7 Å². The number of aliphatic hydroxyl groups excluding tert-OH is 1. The molecule has 2 aliphatic rings. The molecule has 0 saturated heterocycles. The predicted octanol–water partition coefficient (Wildman–Crippen LogP) is 1.67. The van der Waals surface area contributed by atoms with Crippen molar-refractivity contribution in [3.8, 4) is 0 Å². The summed E-state index contributed by atoms with van der Waals surface area (Å²) in [5.41, 5.74) is 0.587. The molecule has 0 radical (unpaired) electrons. The average molecular weight is 316 g/mol. The van der Waals surface area contributed by atoms with E-state index in [1.165, 1.54) is 0 Å². The van der Waals surface area contributed by atoms with Gasteiger partial charge in [0.05, 0.1) is 0 Å². The van der Waals surface area contributed by atoms with Crippen LogP contribution in [0.15, 0.2) is 30.3 Å². The molecule has 23 heavy (non-hydrogen) atoms. The van der Waals surface area contributed by atoms with Crippen LogP contribution in [0, 0.1) is 5.92 Å². The smallest absolute Gasteiger partial charge is 0.253 e. The summed E-state index contributed by atoms with van der Waals surface area (Å²) >= 11 is 0. The maximum Gasteiger partial charge on any atom is 0.253 e. The van der Waals surface area contributed by atoms with E-state index in [1.807, 2.05) is 6.07 Å². The fraction of sp³-hybridized carbons (Fsp3) is 0.556. The third-order valence-corrected chi connectivity index (χ3v) is 4.68. The second kappa shape index (κ2) is 7.13. The summed E-state index contributed by atoms with van der Waals surface area (Å²) in [5, 5.41) is 16.1. The van der Waals surface area contributed by atoms with Gasteiger partial charge in [0.1, 0.15) is 0 Å². The fourth-order valence-corrected chi connectivity index (χ4v) is 3.17. The summed E-state index contributed by atoms with van der Waals surface area (Å²) in [5.74, 6) is -0.289. The Morgan fingerprint density at radius 3 is 2.43 bits per heavy atom. The summed E-state index contributed by atoms with van der Waals surface area (Å²) < 4.78 is 0. The lowest BCUT2D eigenvalue weighted by molar-refractivity contribution is -0.132. The van der Waals surface area contributed by atoms with Crippen LogP contribution in [0.3, 0.4) is 0 Å².